The second-order valence-electron chi connectivity index (χ2n) is 4.62. The Kier molecular flexibility index (Phi) is 3.79. The molecular formula is C14H20N2O. The van der Waals surface area contributed by atoms with Gasteiger partial charge in [-0.25, -0.2) is 0 Å². The van der Waals surface area contributed by atoms with E-state index >= 15 is 0 Å². The summed E-state index contributed by atoms with van der Waals surface area (Å²) in [5.41, 5.74) is 2.02. The van der Waals surface area contributed by atoms with Crippen LogP contribution in [-0.2, 0) is 0 Å². The van der Waals surface area contributed by atoms with Gasteiger partial charge in [0.05, 0.1) is 6.04 Å². The van der Waals surface area contributed by atoms with E-state index in [1.807, 2.05) is 19.1 Å². The fourth-order valence-electron chi connectivity index (χ4n) is 2.19. The lowest BCUT2D eigenvalue weighted by Gasteiger charge is -2.18. The van der Waals surface area contributed by atoms with Crippen molar-refractivity contribution in [2.75, 3.05) is 25.0 Å². The number of hydrogen-bond acceptors (Lipinski definition) is 3. The van der Waals surface area contributed by atoms with Crippen molar-refractivity contribution >= 4 is 11.5 Å². The van der Waals surface area contributed by atoms with Crippen molar-refractivity contribution in [2.24, 2.45) is 0 Å². The molecule has 2 rings (SSSR count). The first-order valence-electron chi connectivity index (χ1n) is 6.29. The van der Waals surface area contributed by atoms with Crippen molar-refractivity contribution in [3.63, 3.8) is 0 Å². The zero-order valence-corrected chi connectivity index (χ0v) is 10.6. The zero-order valence-electron chi connectivity index (χ0n) is 10.6. The SMILES string of the molecule is CNC(C)C(=O)c1ccc(N2CCCC2)cc1. The lowest BCUT2D eigenvalue weighted by molar-refractivity contribution is 0.0955. The lowest BCUT2D eigenvalue weighted by atomic mass is 10.1. The molecule has 0 aromatic heterocycles. The van der Waals surface area contributed by atoms with Gasteiger partial charge < -0.3 is 10.2 Å². The average Bonchev–Trinajstić information content (AvgIpc) is 2.91. The highest BCUT2D eigenvalue weighted by molar-refractivity contribution is 6.00. The molecule has 0 amide bonds. The molecule has 3 nitrogen and oxygen atoms in total. The summed E-state index contributed by atoms with van der Waals surface area (Å²) in [4.78, 5) is 14.3. The third kappa shape index (κ3) is 2.67. The molecule has 1 heterocycles. The topological polar surface area (TPSA) is 32.3 Å². The van der Waals surface area contributed by atoms with E-state index in [2.05, 4.69) is 22.3 Å². The van der Waals surface area contributed by atoms with Gasteiger partial charge in [-0.1, -0.05) is 0 Å². The summed E-state index contributed by atoms with van der Waals surface area (Å²) in [5, 5.41) is 2.97. The van der Waals surface area contributed by atoms with Gasteiger partial charge in [0.1, 0.15) is 0 Å². The number of nitrogens with one attached hydrogen (secondary N) is 1. The quantitative estimate of drug-likeness (QED) is 0.807. The van der Waals surface area contributed by atoms with E-state index in [1.165, 1.54) is 18.5 Å². The Hall–Kier alpha value is -1.35. The smallest absolute Gasteiger partial charge is 0.179 e. The molecule has 1 atom stereocenters. The Morgan fingerprint density at radius 3 is 2.35 bits per heavy atom. The molecule has 0 aliphatic carbocycles. The normalized spacial score (nSPS) is 17.2. The first-order chi connectivity index (χ1) is 8.22. The van der Waals surface area contributed by atoms with Crippen LogP contribution in [0.5, 0.6) is 0 Å². The summed E-state index contributed by atoms with van der Waals surface area (Å²) in [6.45, 7) is 4.16. The standard InChI is InChI=1S/C14H20N2O/c1-11(15-2)14(17)12-5-7-13(8-6-12)16-9-3-4-10-16/h5-8,11,15H,3-4,9-10H2,1-2H3. The van der Waals surface area contributed by atoms with E-state index in [-0.39, 0.29) is 11.8 Å². The van der Waals surface area contributed by atoms with Crippen LogP contribution < -0.4 is 10.2 Å². The molecule has 1 N–H and O–H groups in total. The predicted octanol–water partition coefficient (Wildman–Crippen LogP) is 2.08. The van der Waals surface area contributed by atoms with Crippen LogP contribution in [0.2, 0.25) is 0 Å². The summed E-state index contributed by atoms with van der Waals surface area (Å²) in [6, 6.07) is 7.86. The minimum Gasteiger partial charge on any atom is -0.372 e. The van der Waals surface area contributed by atoms with Gasteiger partial charge in [0.15, 0.2) is 5.78 Å². The molecule has 0 spiro atoms. The monoisotopic (exact) mass is 232 g/mol. The van der Waals surface area contributed by atoms with Crippen molar-refractivity contribution < 1.29 is 4.79 Å². The summed E-state index contributed by atoms with van der Waals surface area (Å²) in [6.07, 6.45) is 2.55. The number of rotatable bonds is 4. The highest BCUT2D eigenvalue weighted by atomic mass is 16.1. The number of ketones is 1. The summed E-state index contributed by atoms with van der Waals surface area (Å²) in [7, 11) is 1.81. The van der Waals surface area contributed by atoms with Crippen molar-refractivity contribution in [3.05, 3.63) is 29.8 Å². The predicted molar refractivity (Wildman–Crippen MR) is 70.7 cm³/mol. The Labute approximate surface area is 103 Å². The number of anilines is 1. The molecule has 1 aliphatic rings. The Morgan fingerprint density at radius 1 is 1.24 bits per heavy atom. The molecule has 0 radical (unpaired) electrons. The van der Waals surface area contributed by atoms with Gasteiger partial charge in [-0.3, -0.25) is 4.79 Å². The van der Waals surface area contributed by atoms with Gasteiger partial charge in [-0.2, -0.15) is 0 Å². The first-order valence-corrected chi connectivity index (χ1v) is 6.29. The van der Waals surface area contributed by atoms with Crippen LogP contribution in [0.1, 0.15) is 30.1 Å². The maximum Gasteiger partial charge on any atom is 0.179 e. The van der Waals surface area contributed by atoms with E-state index in [4.69, 9.17) is 0 Å². The van der Waals surface area contributed by atoms with E-state index in [0.717, 1.165) is 18.7 Å². The van der Waals surface area contributed by atoms with Crippen LogP contribution in [-0.4, -0.2) is 32.0 Å². The Bertz CT molecular complexity index is 380. The average molecular weight is 232 g/mol. The molecule has 17 heavy (non-hydrogen) atoms. The molecule has 0 saturated carbocycles. The molecule has 1 unspecified atom stereocenters. The Balaban J connectivity index is 2.09. The van der Waals surface area contributed by atoms with Crippen LogP contribution in [0.15, 0.2) is 24.3 Å². The van der Waals surface area contributed by atoms with Crippen molar-refractivity contribution in [1.29, 1.82) is 0 Å². The molecule has 0 bridgehead atoms. The van der Waals surface area contributed by atoms with E-state index < -0.39 is 0 Å². The zero-order chi connectivity index (χ0) is 12.3. The molecule has 1 aromatic carbocycles. The molecule has 3 heteroatoms. The second kappa shape index (κ2) is 5.32. The third-order valence-electron chi connectivity index (χ3n) is 3.45. The highest BCUT2D eigenvalue weighted by Gasteiger charge is 2.15. The van der Waals surface area contributed by atoms with Gasteiger partial charge in [-0.05, 0) is 51.1 Å². The maximum atomic E-state index is 11.9. The number of hydrogen-bond donors (Lipinski definition) is 1. The number of carbonyl (C=O) groups excluding carboxylic acids is 1. The van der Waals surface area contributed by atoms with Crippen LogP contribution >= 0.6 is 0 Å². The van der Waals surface area contributed by atoms with Gasteiger partial charge in [0, 0.05) is 24.3 Å². The fourth-order valence-corrected chi connectivity index (χ4v) is 2.19. The van der Waals surface area contributed by atoms with Gasteiger partial charge in [0.2, 0.25) is 0 Å². The largest absolute Gasteiger partial charge is 0.372 e. The molecule has 1 saturated heterocycles. The number of carbonyl (C=O) groups is 1. The van der Waals surface area contributed by atoms with Crippen LogP contribution in [0.3, 0.4) is 0 Å². The van der Waals surface area contributed by atoms with Gasteiger partial charge in [0.25, 0.3) is 0 Å². The number of likely N-dealkylation sites (N-methyl/N-ethyl adjacent to an activating group) is 1. The van der Waals surface area contributed by atoms with Crippen LogP contribution in [0.25, 0.3) is 0 Å². The second-order valence-corrected chi connectivity index (χ2v) is 4.62. The summed E-state index contributed by atoms with van der Waals surface area (Å²) in [5.74, 6) is 0.153. The first kappa shape index (κ1) is 12.1. The van der Waals surface area contributed by atoms with Crippen molar-refractivity contribution in [3.8, 4) is 0 Å². The van der Waals surface area contributed by atoms with E-state index in [0.29, 0.717) is 0 Å². The van der Waals surface area contributed by atoms with E-state index in [1.54, 1.807) is 7.05 Å². The van der Waals surface area contributed by atoms with Gasteiger partial charge >= 0.3 is 0 Å². The number of benzene rings is 1. The lowest BCUT2D eigenvalue weighted by Crippen LogP contribution is -2.30. The van der Waals surface area contributed by atoms with Crippen LogP contribution in [0, 0.1) is 0 Å². The minimum absolute atomic E-state index is 0.118. The maximum absolute atomic E-state index is 11.9. The molecule has 1 aliphatic heterocycles. The fraction of sp³-hybridized carbons (Fsp3) is 0.500. The molecule has 1 fully saturated rings. The summed E-state index contributed by atoms with van der Waals surface area (Å²) >= 11 is 0. The highest BCUT2D eigenvalue weighted by Crippen LogP contribution is 2.20. The van der Waals surface area contributed by atoms with Crippen molar-refractivity contribution in [2.45, 2.75) is 25.8 Å². The number of nitrogens with zero attached hydrogens (tertiary/aromatic N) is 1. The Morgan fingerprint density at radius 2 is 1.82 bits per heavy atom. The van der Waals surface area contributed by atoms with Gasteiger partial charge in [-0.15, -0.1) is 0 Å². The third-order valence-corrected chi connectivity index (χ3v) is 3.45. The molecular weight excluding hydrogens is 212 g/mol. The minimum atomic E-state index is -0.118. The van der Waals surface area contributed by atoms with E-state index in [9.17, 15) is 4.79 Å². The summed E-state index contributed by atoms with van der Waals surface area (Å²) < 4.78 is 0. The van der Waals surface area contributed by atoms with Crippen LogP contribution in [0.4, 0.5) is 5.69 Å². The van der Waals surface area contributed by atoms with Crippen molar-refractivity contribution in [1.82, 2.24) is 5.32 Å². The number of Topliss-reactive ketones (excluding diaryl/α,β-unsaturated/α-hetero) is 1. The molecule has 92 valence electrons. The molecule has 1 aromatic rings.